The van der Waals surface area contributed by atoms with Crippen LogP contribution in [0.4, 0.5) is 5.69 Å². The van der Waals surface area contributed by atoms with E-state index < -0.39 is 10.0 Å². The molecule has 1 aromatic heterocycles. The maximum atomic E-state index is 12.1. The highest BCUT2D eigenvalue weighted by atomic mass is 32.2. The summed E-state index contributed by atoms with van der Waals surface area (Å²) in [6, 6.07) is 5.61. The highest BCUT2D eigenvalue weighted by Crippen LogP contribution is 2.31. The molecule has 26 heavy (non-hydrogen) atoms. The summed E-state index contributed by atoms with van der Waals surface area (Å²) in [5.41, 5.74) is 1.35. The monoisotopic (exact) mass is 413 g/mol. The van der Waals surface area contributed by atoms with Crippen LogP contribution in [0.5, 0.6) is 0 Å². The van der Waals surface area contributed by atoms with Gasteiger partial charge in [0, 0.05) is 6.04 Å². The molecule has 1 saturated carbocycles. The van der Waals surface area contributed by atoms with Crippen LogP contribution in [0.3, 0.4) is 0 Å². The fourth-order valence-electron chi connectivity index (χ4n) is 2.92. The number of thiazole rings is 1. The van der Waals surface area contributed by atoms with E-state index in [0.29, 0.717) is 17.5 Å². The zero-order chi connectivity index (χ0) is 18.6. The highest BCUT2D eigenvalue weighted by Gasteiger charge is 2.16. The van der Waals surface area contributed by atoms with Gasteiger partial charge in [-0.25, -0.2) is 13.4 Å². The number of carbonyl (C=O) groups is 1. The first kappa shape index (κ1) is 19.4. The topological polar surface area (TPSA) is 88.2 Å². The summed E-state index contributed by atoms with van der Waals surface area (Å²) in [5.74, 6) is 0.439. The van der Waals surface area contributed by atoms with E-state index in [0.717, 1.165) is 27.4 Å². The van der Waals surface area contributed by atoms with Gasteiger partial charge in [0.2, 0.25) is 15.9 Å². The summed E-state index contributed by atoms with van der Waals surface area (Å²) in [5, 5.41) is 3.10. The Labute approximate surface area is 162 Å². The van der Waals surface area contributed by atoms with Gasteiger partial charge in [-0.05, 0) is 38.0 Å². The maximum Gasteiger partial charge on any atom is 0.232 e. The van der Waals surface area contributed by atoms with Crippen LogP contribution in [-0.2, 0) is 14.8 Å². The largest absolute Gasteiger partial charge is 0.353 e. The minimum Gasteiger partial charge on any atom is -0.353 e. The Balaban J connectivity index is 1.59. The van der Waals surface area contributed by atoms with Crippen molar-refractivity contribution < 1.29 is 13.2 Å². The summed E-state index contributed by atoms with van der Waals surface area (Å²) < 4.78 is 27.6. The van der Waals surface area contributed by atoms with Crippen LogP contribution in [0, 0.1) is 0 Å². The molecule has 142 valence electrons. The van der Waals surface area contributed by atoms with Crippen LogP contribution in [0.2, 0.25) is 0 Å². The lowest BCUT2D eigenvalue weighted by molar-refractivity contribution is -0.119. The van der Waals surface area contributed by atoms with Gasteiger partial charge in [0.25, 0.3) is 0 Å². The van der Waals surface area contributed by atoms with E-state index in [1.54, 1.807) is 25.1 Å². The Morgan fingerprint density at radius 2 is 2.08 bits per heavy atom. The number of benzene rings is 1. The molecule has 1 aromatic carbocycles. The third-order valence-corrected chi connectivity index (χ3v) is 7.79. The van der Waals surface area contributed by atoms with Gasteiger partial charge in [0.15, 0.2) is 4.34 Å². The Morgan fingerprint density at radius 3 is 2.81 bits per heavy atom. The second kappa shape index (κ2) is 8.58. The molecule has 1 heterocycles. The number of hydrogen-bond acceptors (Lipinski definition) is 6. The summed E-state index contributed by atoms with van der Waals surface area (Å²) in [4.78, 5) is 16.6. The van der Waals surface area contributed by atoms with Crippen LogP contribution in [0.1, 0.15) is 39.0 Å². The summed E-state index contributed by atoms with van der Waals surface area (Å²) in [6.45, 7) is 1.60. The van der Waals surface area contributed by atoms with Crippen molar-refractivity contribution in [2.45, 2.75) is 49.4 Å². The van der Waals surface area contributed by atoms with Crippen molar-refractivity contribution >= 4 is 54.9 Å². The highest BCUT2D eigenvalue weighted by molar-refractivity contribution is 8.01. The number of sulfonamides is 1. The number of amides is 1. The smallest absolute Gasteiger partial charge is 0.232 e. The van der Waals surface area contributed by atoms with Crippen molar-refractivity contribution in [1.82, 2.24) is 10.3 Å². The molecule has 2 N–H and O–H groups in total. The molecule has 0 radical (unpaired) electrons. The average molecular weight is 414 g/mol. The number of thioether (sulfide) groups is 1. The average Bonchev–Trinajstić information content (AvgIpc) is 3.03. The number of rotatable bonds is 7. The maximum absolute atomic E-state index is 12.1. The molecule has 1 amide bonds. The molecule has 0 atom stereocenters. The molecule has 0 spiro atoms. The van der Waals surface area contributed by atoms with E-state index in [9.17, 15) is 13.2 Å². The molecule has 0 unspecified atom stereocenters. The first-order valence-electron chi connectivity index (χ1n) is 8.78. The van der Waals surface area contributed by atoms with Gasteiger partial charge in [0.05, 0.1) is 27.4 Å². The summed E-state index contributed by atoms with van der Waals surface area (Å²) >= 11 is 2.89. The standard InChI is InChI=1S/C17H23N3O3S3/c1-2-26(22,23)20-13-8-9-14-15(10-13)25-17(19-14)24-11-16(21)18-12-6-4-3-5-7-12/h8-10,12,20H,2-7,11H2,1H3,(H,18,21). The number of nitrogens with one attached hydrogen (secondary N) is 2. The van der Waals surface area contributed by atoms with E-state index in [1.807, 2.05) is 0 Å². The van der Waals surface area contributed by atoms with Crippen molar-refractivity contribution in [3.8, 4) is 0 Å². The second-order valence-corrected chi connectivity index (χ2v) is 10.6. The Hall–Kier alpha value is -1.32. The molecule has 1 aliphatic carbocycles. The van der Waals surface area contributed by atoms with Crippen LogP contribution in [-0.4, -0.2) is 36.9 Å². The van der Waals surface area contributed by atoms with Gasteiger partial charge < -0.3 is 5.32 Å². The van der Waals surface area contributed by atoms with E-state index >= 15 is 0 Å². The van der Waals surface area contributed by atoms with Crippen LogP contribution in [0.15, 0.2) is 22.5 Å². The first-order valence-corrected chi connectivity index (χ1v) is 12.2. The normalized spacial score (nSPS) is 15.9. The van der Waals surface area contributed by atoms with E-state index in [2.05, 4.69) is 15.0 Å². The van der Waals surface area contributed by atoms with E-state index in [4.69, 9.17) is 0 Å². The van der Waals surface area contributed by atoms with Crippen molar-refractivity contribution in [3.05, 3.63) is 18.2 Å². The molecular formula is C17H23N3O3S3. The van der Waals surface area contributed by atoms with Crippen LogP contribution in [0.25, 0.3) is 10.2 Å². The lowest BCUT2D eigenvalue weighted by Gasteiger charge is -2.22. The number of fused-ring (bicyclic) bond motifs is 1. The van der Waals surface area contributed by atoms with Gasteiger partial charge in [-0.3, -0.25) is 9.52 Å². The van der Waals surface area contributed by atoms with Gasteiger partial charge in [-0.2, -0.15) is 0 Å². The molecule has 2 aromatic rings. The Morgan fingerprint density at radius 1 is 1.31 bits per heavy atom. The number of aromatic nitrogens is 1. The van der Waals surface area contributed by atoms with Crippen molar-refractivity contribution in [1.29, 1.82) is 0 Å². The summed E-state index contributed by atoms with van der Waals surface area (Å²) in [7, 11) is -3.29. The molecule has 1 aliphatic rings. The second-order valence-electron chi connectivity index (χ2n) is 6.36. The molecule has 0 bridgehead atoms. The first-order chi connectivity index (χ1) is 12.4. The zero-order valence-corrected chi connectivity index (χ0v) is 17.1. The number of anilines is 1. The van der Waals surface area contributed by atoms with Gasteiger partial charge >= 0.3 is 0 Å². The van der Waals surface area contributed by atoms with E-state index in [1.165, 1.54) is 42.4 Å². The Kier molecular flexibility index (Phi) is 6.42. The molecule has 1 fully saturated rings. The number of hydrogen-bond donors (Lipinski definition) is 2. The number of nitrogens with zero attached hydrogens (tertiary/aromatic N) is 1. The fourth-order valence-corrected chi connectivity index (χ4v) is 5.47. The van der Waals surface area contributed by atoms with Gasteiger partial charge in [-0.1, -0.05) is 31.0 Å². The van der Waals surface area contributed by atoms with Gasteiger partial charge in [-0.15, -0.1) is 11.3 Å². The molecule has 6 nitrogen and oxygen atoms in total. The third kappa shape index (κ3) is 5.34. The molecule has 0 saturated heterocycles. The molecular weight excluding hydrogens is 390 g/mol. The summed E-state index contributed by atoms with van der Waals surface area (Å²) in [6.07, 6.45) is 5.81. The van der Waals surface area contributed by atoms with E-state index in [-0.39, 0.29) is 11.7 Å². The lowest BCUT2D eigenvalue weighted by Crippen LogP contribution is -2.37. The minimum absolute atomic E-state index is 0.0327. The quantitative estimate of drug-likeness (QED) is 0.677. The minimum atomic E-state index is -3.29. The Bertz CT molecular complexity index is 874. The van der Waals surface area contributed by atoms with Crippen molar-refractivity contribution in [2.24, 2.45) is 0 Å². The van der Waals surface area contributed by atoms with Gasteiger partial charge in [0.1, 0.15) is 0 Å². The predicted molar refractivity (Wildman–Crippen MR) is 108 cm³/mol. The van der Waals surface area contributed by atoms with Crippen molar-refractivity contribution in [2.75, 3.05) is 16.2 Å². The third-order valence-electron chi connectivity index (χ3n) is 4.32. The van der Waals surface area contributed by atoms with Crippen LogP contribution >= 0.6 is 23.1 Å². The lowest BCUT2D eigenvalue weighted by atomic mass is 9.95. The molecule has 0 aliphatic heterocycles. The number of carbonyl (C=O) groups excluding carboxylic acids is 1. The predicted octanol–water partition coefficient (Wildman–Crippen LogP) is 3.60. The zero-order valence-electron chi connectivity index (χ0n) is 14.7. The van der Waals surface area contributed by atoms with Crippen LogP contribution < -0.4 is 10.0 Å². The molecule has 3 rings (SSSR count). The van der Waals surface area contributed by atoms with Crippen molar-refractivity contribution in [3.63, 3.8) is 0 Å². The molecule has 9 heteroatoms. The SMILES string of the molecule is CCS(=O)(=O)Nc1ccc2nc(SCC(=O)NC3CCCCC3)sc2c1. The fraction of sp³-hybridized carbons (Fsp3) is 0.529.